The summed E-state index contributed by atoms with van der Waals surface area (Å²) in [6.45, 7) is 5.46. The maximum atomic E-state index is 12.0. The predicted molar refractivity (Wildman–Crippen MR) is 133 cm³/mol. The van der Waals surface area contributed by atoms with E-state index in [0.29, 0.717) is 12.5 Å². The van der Waals surface area contributed by atoms with Gasteiger partial charge in [-0.1, -0.05) is 31.9 Å². The first kappa shape index (κ1) is 24.6. The van der Waals surface area contributed by atoms with E-state index in [-0.39, 0.29) is 6.10 Å². The molecule has 2 N–H and O–H groups in total. The Hall–Kier alpha value is -2.51. The van der Waals surface area contributed by atoms with Crippen LogP contribution >= 0.6 is 0 Å². The smallest absolute Gasteiger partial charge is 0.325 e. The Kier molecular flexibility index (Phi) is 8.88. The minimum Gasteiger partial charge on any atom is -0.480 e. The lowest BCUT2D eigenvalue weighted by Crippen LogP contribution is -2.35. The van der Waals surface area contributed by atoms with Crippen molar-refractivity contribution in [3.63, 3.8) is 0 Å². The number of unbranched alkanes of at least 4 members (excludes halogenated alkanes) is 1. The number of aliphatic carboxylic acids is 1. The van der Waals surface area contributed by atoms with Gasteiger partial charge < -0.3 is 15.2 Å². The number of hydrogen-bond acceptors (Lipinski definition) is 6. The number of carbonyl (C=O) groups is 1. The average Bonchev–Trinajstić information content (AvgIpc) is 3.28. The van der Waals surface area contributed by atoms with Gasteiger partial charge in [-0.2, -0.15) is 0 Å². The van der Waals surface area contributed by atoms with Gasteiger partial charge in [0.2, 0.25) is 0 Å². The molecule has 0 aromatic carbocycles. The number of aromatic nitrogens is 2. The lowest BCUT2D eigenvalue weighted by Gasteiger charge is -2.31. The van der Waals surface area contributed by atoms with E-state index in [4.69, 9.17) is 4.74 Å². The molecule has 184 valence electrons. The fraction of sp³-hybridized carbons (Fsp3) is 0.593. The van der Waals surface area contributed by atoms with Gasteiger partial charge in [0.05, 0.1) is 6.10 Å². The quantitative estimate of drug-likeness (QED) is 0.540. The molecule has 7 heteroatoms. The molecule has 7 nitrogen and oxygen atoms in total. The number of hydrogen-bond donors (Lipinski definition) is 2. The van der Waals surface area contributed by atoms with Gasteiger partial charge in [-0.3, -0.25) is 14.7 Å². The summed E-state index contributed by atoms with van der Waals surface area (Å²) in [5, 5.41) is 13.1. The molecule has 2 fully saturated rings. The molecule has 0 bridgehead atoms. The number of anilines is 1. The van der Waals surface area contributed by atoms with Crippen LogP contribution in [0.3, 0.4) is 0 Å². The summed E-state index contributed by atoms with van der Waals surface area (Å²) < 4.78 is 5.90. The summed E-state index contributed by atoms with van der Waals surface area (Å²) in [4.78, 5) is 22.8. The van der Waals surface area contributed by atoms with E-state index in [1.54, 1.807) is 6.20 Å². The molecule has 4 heterocycles. The maximum absolute atomic E-state index is 12.0. The van der Waals surface area contributed by atoms with Gasteiger partial charge in [-0.25, -0.2) is 4.98 Å². The van der Waals surface area contributed by atoms with Crippen molar-refractivity contribution in [3.8, 4) is 0 Å². The molecule has 2 unspecified atom stereocenters. The molecular weight excluding hydrogens is 428 g/mol. The molecule has 2 aliphatic heterocycles. The predicted octanol–water partition coefficient (Wildman–Crippen LogP) is 4.81. The molecule has 2 aromatic heterocycles. The highest BCUT2D eigenvalue weighted by atomic mass is 16.5. The Bertz CT molecular complexity index is 909. The van der Waals surface area contributed by atoms with E-state index in [1.807, 2.05) is 24.4 Å². The topological polar surface area (TPSA) is 87.6 Å². The Labute approximate surface area is 202 Å². The number of likely N-dealkylation sites (tertiary alicyclic amines) is 1. The highest BCUT2D eigenvalue weighted by Crippen LogP contribution is 2.40. The van der Waals surface area contributed by atoms with Crippen molar-refractivity contribution in [3.05, 3.63) is 53.5 Å². The van der Waals surface area contributed by atoms with Gasteiger partial charge in [-0.05, 0) is 56.2 Å². The second kappa shape index (κ2) is 12.3. The normalized spacial score (nSPS) is 20.9. The Morgan fingerprint density at radius 2 is 2.03 bits per heavy atom. The van der Waals surface area contributed by atoms with Crippen LogP contribution in [0, 0.1) is 0 Å². The highest BCUT2D eigenvalue weighted by molar-refractivity contribution is 5.76. The molecule has 3 aliphatic rings. The van der Waals surface area contributed by atoms with Crippen LogP contribution in [0.1, 0.15) is 80.7 Å². The second-order valence-corrected chi connectivity index (χ2v) is 9.52. The molecule has 2 aromatic rings. The van der Waals surface area contributed by atoms with Gasteiger partial charge in [0.25, 0.3) is 0 Å². The summed E-state index contributed by atoms with van der Waals surface area (Å²) in [6, 6.07) is 7.33. The number of ether oxygens (including phenoxy) is 1. The van der Waals surface area contributed by atoms with Crippen LogP contribution in [0.15, 0.2) is 36.7 Å². The number of rotatable bonds is 8. The fourth-order valence-corrected chi connectivity index (χ4v) is 4.97. The van der Waals surface area contributed by atoms with Gasteiger partial charge in [0.1, 0.15) is 11.9 Å². The van der Waals surface area contributed by atoms with Crippen LogP contribution in [-0.4, -0.2) is 58.3 Å². The zero-order valence-corrected chi connectivity index (χ0v) is 20.3. The third-order valence-corrected chi connectivity index (χ3v) is 7.09. The Balaban J connectivity index is 0.000000226. The zero-order chi connectivity index (χ0) is 23.8. The fourth-order valence-electron chi connectivity index (χ4n) is 4.97. The van der Waals surface area contributed by atoms with Crippen LogP contribution in [0.4, 0.5) is 5.82 Å². The van der Waals surface area contributed by atoms with Gasteiger partial charge >= 0.3 is 5.97 Å². The van der Waals surface area contributed by atoms with Crippen LogP contribution in [0.5, 0.6) is 0 Å². The first-order chi connectivity index (χ1) is 16.7. The molecule has 1 aliphatic carbocycles. The molecule has 0 radical (unpaired) electrons. The third-order valence-electron chi connectivity index (χ3n) is 7.09. The van der Waals surface area contributed by atoms with Crippen molar-refractivity contribution >= 4 is 11.8 Å². The van der Waals surface area contributed by atoms with E-state index in [1.165, 1.54) is 24.8 Å². The lowest BCUT2D eigenvalue weighted by atomic mass is 9.80. The largest absolute Gasteiger partial charge is 0.480 e. The summed E-state index contributed by atoms with van der Waals surface area (Å²) in [6.07, 6.45) is 12.7. The maximum Gasteiger partial charge on any atom is 0.325 e. The van der Waals surface area contributed by atoms with E-state index < -0.39 is 12.0 Å². The zero-order valence-electron chi connectivity index (χ0n) is 20.3. The number of nitrogens with zero attached hydrogens (tertiary/aromatic N) is 3. The monoisotopic (exact) mass is 466 g/mol. The summed E-state index contributed by atoms with van der Waals surface area (Å²) in [7, 11) is 0. The van der Waals surface area contributed by atoms with E-state index in [9.17, 15) is 9.90 Å². The van der Waals surface area contributed by atoms with Crippen molar-refractivity contribution in [2.24, 2.45) is 0 Å². The molecule has 1 saturated heterocycles. The number of nitrogens with one attached hydrogen (secondary N) is 1. The SMILES string of the molecule is CCCCOC1CCN(C(C(=O)O)c2cccnc2C2CCC2)C1.c1cnc2c(c1)CCCN2. The van der Waals surface area contributed by atoms with Crippen molar-refractivity contribution in [1.82, 2.24) is 14.9 Å². The Morgan fingerprint density at radius 3 is 2.76 bits per heavy atom. The number of carboxylic acid groups (broad SMARTS) is 1. The molecule has 0 amide bonds. The summed E-state index contributed by atoms with van der Waals surface area (Å²) >= 11 is 0. The molecule has 5 rings (SSSR count). The van der Waals surface area contributed by atoms with Crippen LogP contribution in [0.25, 0.3) is 0 Å². The minimum atomic E-state index is -0.780. The standard InChI is InChI=1S/C19H28N2O3.C8H10N2/c1-2-3-12-24-15-9-11-21(13-15)18(19(22)23)16-8-5-10-20-17(16)14-6-4-7-14;1-3-7-4-2-6-10-8(7)9-5-1/h5,8,10,14-15,18H,2-4,6-7,9,11-13H2,1H3,(H,22,23);1,3,5H,2,4,6H2,(H,9,10). The number of fused-ring (bicyclic) bond motifs is 1. The van der Waals surface area contributed by atoms with Gasteiger partial charge in [-0.15, -0.1) is 0 Å². The van der Waals surface area contributed by atoms with Crippen molar-refractivity contribution < 1.29 is 14.6 Å². The molecule has 0 spiro atoms. The lowest BCUT2D eigenvalue weighted by molar-refractivity contribution is -0.143. The summed E-state index contributed by atoms with van der Waals surface area (Å²) in [5.74, 6) is 0.730. The number of pyridine rings is 2. The van der Waals surface area contributed by atoms with Crippen LogP contribution < -0.4 is 5.32 Å². The van der Waals surface area contributed by atoms with Crippen molar-refractivity contribution in [1.29, 1.82) is 0 Å². The van der Waals surface area contributed by atoms with E-state index in [0.717, 1.165) is 68.9 Å². The van der Waals surface area contributed by atoms with Crippen molar-refractivity contribution in [2.75, 3.05) is 31.6 Å². The number of aryl methyl sites for hydroxylation is 1. The van der Waals surface area contributed by atoms with Gasteiger partial charge in [0.15, 0.2) is 0 Å². The molecule has 1 saturated carbocycles. The third kappa shape index (κ3) is 6.13. The first-order valence-corrected chi connectivity index (χ1v) is 12.9. The average molecular weight is 467 g/mol. The van der Waals surface area contributed by atoms with Crippen LogP contribution in [-0.2, 0) is 16.0 Å². The highest BCUT2D eigenvalue weighted by Gasteiger charge is 2.37. The van der Waals surface area contributed by atoms with E-state index in [2.05, 4.69) is 33.2 Å². The number of carboxylic acids is 1. The van der Waals surface area contributed by atoms with Crippen LogP contribution in [0.2, 0.25) is 0 Å². The first-order valence-electron chi connectivity index (χ1n) is 12.9. The Morgan fingerprint density at radius 1 is 1.21 bits per heavy atom. The van der Waals surface area contributed by atoms with E-state index >= 15 is 0 Å². The molecular formula is C27H38N4O3. The second-order valence-electron chi connectivity index (χ2n) is 9.52. The van der Waals surface area contributed by atoms with Crippen molar-refractivity contribution in [2.45, 2.75) is 76.4 Å². The van der Waals surface area contributed by atoms with Gasteiger partial charge in [0, 0.05) is 55.8 Å². The molecule has 34 heavy (non-hydrogen) atoms. The molecule has 2 atom stereocenters. The summed E-state index contributed by atoms with van der Waals surface area (Å²) in [5.41, 5.74) is 3.23. The minimum absolute atomic E-state index is 0.155.